The number of esters is 1. The lowest BCUT2D eigenvalue weighted by Crippen LogP contribution is -2.55. The van der Waals surface area contributed by atoms with Crippen molar-refractivity contribution in [2.75, 3.05) is 56.1 Å². The van der Waals surface area contributed by atoms with Crippen molar-refractivity contribution in [2.45, 2.75) is 19.4 Å². The highest BCUT2D eigenvalue weighted by Gasteiger charge is 2.58. The zero-order valence-electron chi connectivity index (χ0n) is 21.7. The van der Waals surface area contributed by atoms with Gasteiger partial charge in [-0.3, -0.25) is 24.2 Å². The first-order valence-corrected chi connectivity index (χ1v) is 12.8. The second-order valence-corrected chi connectivity index (χ2v) is 9.19. The Hall–Kier alpha value is -4.02. The fourth-order valence-electron chi connectivity index (χ4n) is 4.77. The summed E-state index contributed by atoms with van der Waals surface area (Å²) in [4.78, 5) is 57.7. The van der Waals surface area contributed by atoms with Crippen molar-refractivity contribution >= 4 is 34.9 Å². The summed E-state index contributed by atoms with van der Waals surface area (Å²) < 4.78 is 5.36. The number of ketones is 1. The summed E-state index contributed by atoms with van der Waals surface area (Å²) in [5, 5.41) is 8.94. The first-order chi connectivity index (χ1) is 18.4. The minimum Gasteiger partial charge on any atom is -0.464 e. The molecule has 10 heteroatoms. The number of ether oxygens (including phenoxy) is 1. The zero-order valence-corrected chi connectivity index (χ0v) is 21.7. The molecule has 10 nitrogen and oxygen atoms in total. The highest BCUT2D eigenvalue weighted by molar-refractivity contribution is 6.47. The van der Waals surface area contributed by atoms with E-state index in [1.165, 1.54) is 11.8 Å². The summed E-state index contributed by atoms with van der Waals surface area (Å²) in [7, 11) is 0. The molecule has 38 heavy (non-hydrogen) atoms. The van der Waals surface area contributed by atoms with Crippen LogP contribution in [0.2, 0.25) is 0 Å². The maximum Gasteiger partial charge on any atom is 0.337 e. The molecule has 0 spiro atoms. The molecular formula is C28H33N5O5. The zero-order chi connectivity index (χ0) is 27.1. The van der Waals surface area contributed by atoms with Gasteiger partial charge in [0.25, 0.3) is 17.6 Å². The van der Waals surface area contributed by atoms with Crippen LogP contribution in [0.15, 0.2) is 71.9 Å². The second-order valence-electron chi connectivity index (χ2n) is 9.19. The Balaban J connectivity index is 1.72. The number of benzene rings is 2. The minimum atomic E-state index is -1.88. The lowest BCUT2D eigenvalue weighted by atomic mass is 9.88. The molecule has 2 aromatic carbocycles. The molecule has 1 atom stereocenters. The van der Waals surface area contributed by atoms with E-state index in [4.69, 9.17) is 4.74 Å². The SMILES string of the molecule is CCOC(=O)C1(C)C(C(=O)C(=O)NCCN2CCNCC2)=C(Nc2ccccc2)C(=O)N1c1ccccc1. The van der Waals surface area contributed by atoms with Crippen molar-refractivity contribution in [3.8, 4) is 0 Å². The first kappa shape index (κ1) is 27.0. The normalized spacial score (nSPS) is 19.8. The lowest BCUT2D eigenvalue weighted by molar-refractivity contribution is -0.149. The number of nitrogens with zero attached hydrogens (tertiary/aromatic N) is 2. The van der Waals surface area contributed by atoms with Crippen molar-refractivity contribution in [1.29, 1.82) is 0 Å². The highest BCUT2D eigenvalue weighted by Crippen LogP contribution is 2.41. The van der Waals surface area contributed by atoms with Crippen molar-refractivity contribution in [1.82, 2.24) is 15.5 Å². The van der Waals surface area contributed by atoms with Crippen LogP contribution in [0.25, 0.3) is 0 Å². The van der Waals surface area contributed by atoms with E-state index in [9.17, 15) is 19.2 Å². The van der Waals surface area contributed by atoms with Gasteiger partial charge in [-0.2, -0.15) is 0 Å². The van der Waals surface area contributed by atoms with Gasteiger partial charge in [-0.05, 0) is 38.1 Å². The van der Waals surface area contributed by atoms with Crippen molar-refractivity contribution in [3.63, 3.8) is 0 Å². The average molecular weight is 520 g/mol. The Morgan fingerprint density at radius 1 is 1.00 bits per heavy atom. The molecule has 2 amide bonds. The van der Waals surface area contributed by atoms with Crippen LogP contribution in [-0.2, 0) is 23.9 Å². The number of carbonyl (C=O) groups is 4. The molecule has 0 radical (unpaired) electrons. The molecule has 0 aliphatic carbocycles. The van der Waals surface area contributed by atoms with Gasteiger partial charge in [-0.15, -0.1) is 0 Å². The lowest BCUT2D eigenvalue weighted by Gasteiger charge is -2.34. The average Bonchev–Trinajstić information content (AvgIpc) is 3.16. The Bertz CT molecular complexity index is 1210. The van der Waals surface area contributed by atoms with Gasteiger partial charge in [0.05, 0.1) is 12.2 Å². The molecule has 2 aliphatic heterocycles. The van der Waals surface area contributed by atoms with Gasteiger partial charge in [0.1, 0.15) is 5.70 Å². The number of rotatable bonds is 10. The fraction of sp³-hybridized carbons (Fsp3) is 0.357. The third kappa shape index (κ3) is 5.46. The smallest absolute Gasteiger partial charge is 0.337 e. The van der Waals surface area contributed by atoms with Crippen molar-refractivity contribution < 1.29 is 23.9 Å². The van der Waals surface area contributed by atoms with Crippen LogP contribution in [0.4, 0.5) is 11.4 Å². The number of Topliss-reactive ketones (excluding diaryl/α,β-unsaturated/α-hetero) is 1. The summed E-state index contributed by atoms with van der Waals surface area (Å²) >= 11 is 0. The summed E-state index contributed by atoms with van der Waals surface area (Å²) in [5.74, 6) is -3.28. The molecule has 200 valence electrons. The molecule has 1 unspecified atom stereocenters. The molecule has 4 rings (SSSR count). The number of nitrogens with one attached hydrogen (secondary N) is 3. The van der Waals surface area contributed by atoms with Gasteiger partial charge in [0.15, 0.2) is 5.54 Å². The molecule has 2 aliphatic rings. The quantitative estimate of drug-likeness (QED) is 0.318. The van der Waals surface area contributed by atoms with E-state index in [1.807, 2.05) is 6.07 Å². The van der Waals surface area contributed by atoms with Gasteiger partial charge in [0, 0.05) is 50.6 Å². The van der Waals surface area contributed by atoms with Crippen molar-refractivity contribution in [2.24, 2.45) is 0 Å². The molecule has 3 N–H and O–H groups in total. The predicted molar refractivity (Wildman–Crippen MR) is 143 cm³/mol. The number of anilines is 2. The Morgan fingerprint density at radius 2 is 1.63 bits per heavy atom. The Kier molecular flexibility index (Phi) is 8.55. The van der Waals surface area contributed by atoms with Gasteiger partial charge >= 0.3 is 5.97 Å². The van der Waals surface area contributed by atoms with Gasteiger partial charge in [0.2, 0.25) is 0 Å². The Morgan fingerprint density at radius 3 is 2.26 bits per heavy atom. The summed E-state index contributed by atoms with van der Waals surface area (Å²) in [6, 6.07) is 17.4. The first-order valence-electron chi connectivity index (χ1n) is 12.8. The van der Waals surface area contributed by atoms with Crippen LogP contribution in [-0.4, -0.2) is 79.9 Å². The number of piperazine rings is 1. The summed E-state index contributed by atoms with van der Waals surface area (Å²) in [6.45, 7) is 7.38. The van der Waals surface area contributed by atoms with E-state index in [0.717, 1.165) is 26.2 Å². The second kappa shape index (κ2) is 12.0. The van der Waals surface area contributed by atoms with E-state index in [2.05, 4.69) is 20.9 Å². The van der Waals surface area contributed by atoms with Gasteiger partial charge in [-0.1, -0.05) is 36.4 Å². The van der Waals surface area contributed by atoms with Gasteiger partial charge < -0.3 is 20.7 Å². The van der Waals surface area contributed by atoms with Crippen LogP contribution in [0.3, 0.4) is 0 Å². The number of carbonyl (C=O) groups excluding carboxylic acids is 4. The summed E-state index contributed by atoms with van der Waals surface area (Å²) in [6.07, 6.45) is 0. The van der Waals surface area contributed by atoms with Crippen LogP contribution >= 0.6 is 0 Å². The van der Waals surface area contributed by atoms with E-state index >= 15 is 0 Å². The third-order valence-corrected chi connectivity index (χ3v) is 6.69. The number of amides is 2. The van der Waals surface area contributed by atoms with Crippen LogP contribution in [0.5, 0.6) is 0 Å². The van der Waals surface area contributed by atoms with Crippen molar-refractivity contribution in [3.05, 3.63) is 71.9 Å². The molecule has 1 saturated heterocycles. The Labute approximate surface area is 222 Å². The standard InChI is InChI=1S/C28H33N5O5/c1-3-38-27(37)28(2)22(24(34)25(35)30-16-19-32-17-14-29-15-18-32)23(31-20-10-6-4-7-11-20)26(36)33(28)21-12-8-5-9-13-21/h4-13,29,31H,3,14-19H2,1-2H3,(H,30,35). The van der Waals surface area contributed by atoms with E-state index < -0.39 is 29.1 Å². The molecule has 1 fully saturated rings. The molecule has 0 bridgehead atoms. The van der Waals surface area contributed by atoms with Gasteiger partial charge in [-0.25, -0.2) is 4.79 Å². The summed E-state index contributed by atoms with van der Waals surface area (Å²) in [5.41, 5.74) is -1.35. The van der Waals surface area contributed by atoms with E-state index in [1.54, 1.807) is 61.5 Å². The van der Waals surface area contributed by atoms with Crippen LogP contribution in [0.1, 0.15) is 13.8 Å². The van der Waals surface area contributed by atoms with Crippen LogP contribution in [0, 0.1) is 0 Å². The highest BCUT2D eigenvalue weighted by atomic mass is 16.5. The molecule has 0 aromatic heterocycles. The topological polar surface area (TPSA) is 120 Å². The molecule has 0 saturated carbocycles. The monoisotopic (exact) mass is 519 g/mol. The molecule has 2 aromatic rings. The van der Waals surface area contributed by atoms with Crippen LogP contribution < -0.4 is 20.9 Å². The number of hydrogen-bond acceptors (Lipinski definition) is 8. The maximum atomic E-state index is 13.9. The molecule has 2 heterocycles. The number of para-hydroxylation sites is 2. The largest absolute Gasteiger partial charge is 0.464 e. The maximum absolute atomic E-state index is 13.9. The fourth-order valence-corrected chi connectivity index (χ4v) is 4.77. The molecular weight excluding hydrogens is 486 g/mol. The predicted octanol–water partition coefficient (Wildman–Crippen LogP) is 1.31. The van der Waals surface area contributed by atoms with E-state index in [0.29, 0.717) is 17.9 Å². The minimum absolute atomic E-state index is 0.0328. The number of hydrogen-bond donors (Lipinski definition) is 3. The third-order valence-electron chi connectivity index (χ3n) is 6.69. The van der Waals surface area contributed by atoms with E-state index in [-0.39, 0.29) is 24.4 Å².